The molecule has 0 fully saturated rings. The van der Waals surface area contributed by atoms with Crippen molar-refractivity contribution in [3.05, 3.63) is 65.5 Å². The van der Waals surface area contributed by atoms with Gasteiger partial charge in [-0.3, -0.25) is 4.79 Å². The molecule has 0 aliphatic rings. The molecule has 0 saturated carbocycles. The van der Waals surface area contributed by atoms with E-state index >= 15 is 0 Å². The number of aryl methyl sites for hydroxylation is 1. The number of nitrogens with one attached hydrogen (secondary N) is 1. The van der Waals surface area contributed by atoms with E-state index in [1.807, 2.05) is 54.8 Å². The Morgan fingerprint density at radius 1 is 1.15 bits per heavy atom. The quantitative estimate of drug-likeness (QED) is 0.527. The molecule has 1 aromatic carbocycles. The molecule has 0 radical (unpaired) electrons. The Balaban J connectivity index is 1.44. The smallest absolute Gasteiger partial charge is 0.232 e. The van der Waals surface area contributed by atoms with Crippen LogP contribution in [-0.2, 0) is 11.2 Å². The highest BCUT2D eigenvalue weighted by molar-refractivity contribution is 7.19. The summed E-state index contributed by atoms with van der Waals surface area (Å²) in [5.74, 6) is 0.583. The molecule has 0 unspecified atom stereocenters. The van der Waals surface area contributed by atoms with Gasteiger partial charge < -0.3 is 9.73 Å². The first-order valence-electron chi connectivity index (χ1n) is 8.00. The van der Waals surface area contributed by atoms with Gasteiger partial charge in [-0.25, -0.2) is 9.97 Å². The van der Waals surface area contributed by atoms with Crippen LogP contribution in [0.25, 0.3) is 21.2 Å². The number of hydrogen-bond donors (Lipinski definition) is 1. The minimum Gasteiger partial charge on any atom is -0.462 e. The molecule has 0 bridgehead atoms. The second-order valence-electron chi connectivity index (χ2n) is 5.65. The lowest BCUT2D eigenvalue weighted by Gasteiger charge is -1.99. The van der Waals surface area contributed by atoms with E-state index in [0.717, 1.165) is 26.8 Å². The van der Waals surface area contributed by atoms with Crippen LogP contribution in [0.3, 0.4) is 0 Å². The molecule has 130 valence electrons. The van der Waals surface area contributed by atoms with E-state index in [0.29, 0.717) is 10.9 Å². The molecule has 0 saturated heterocycles. The second-order valence-corrected chi connectivity index (χ2v) is 7.50. The van der Waals surface area contributed by atoms with Gasteiger partial charge in [0.25, 0.3) is 0 Å². The number of nitrogens with zero attached hydrogens (tertiary/aromatic N) is 2. The predicted octanol–water partition coefficient (Wildman–Crippen LogP) is 5.02. The first-order valence-corrected chi connectivity index (χ1v) is 9.69. The largest absolute Gasteiger partial charge is 0.462 e. The Morgan fingerprint density at radius 2 is 2.00 bits per heavy atom. The summed E-state index contributed by atoms with van der Waals surface area (Å²) < 4.78 is 5.33. The van der Waals surface area contributed by atoms with Gasteiger partial charge in [-0.2, -0.15) is 0 Å². The fraction of sp³-hybridized carbons (Fsp3) is 0.105. The number of furan rings is 1. The summed E-state index contributed by atoms with van der Waals surface area (Å²) in [5, 5.41) is 6.13. The normalized spacial score (nSPS) is 10.8. The van der Waals surface area contributed by atoms with Gasteiger partial charge in [-0.05, 0) is 24.6 Å². The molecule has 0 atom stereocenters. The number of aromatic nitrogens is 2. The van der Waals surface area contributed by atoms with Crippen LogP contribution in [0.4, 0.5) is 5.13 Å². The number of hydrogen-bond acceptors (Lipinski definition) is 6. The molecule has 3 aromatic heterocycles. The molecule has 4 rings (SSSR count). The van der Waals surface area contributed by atoms with E-state index in [1.54, 1.807) is 6.26 Å². The summed E-state index contributed by atoms with van der Waals surface area (Å²) >= 11 is 2.94. The van der Waals surface area contributed by atoms with Crippen LogP contribution in [0.2, 0.25) is 0 Å². The second kappa shape index (κ2) is 7.23. The molecule has 0 aliphatic heterocycles. The maximum absolute atomic E-state index is 12.3. The van der Waals surface area contributed by atoms with Crippen LogP contribution < -0.4 is 5.32 Å². The maximum Gasteiger partial charge on any atom is 0.232 e. The van der Waals surface area contributed by atoms with Crippen molar-refractivity contribution >= 4 is 33.7 Å². The van der Waals surface area contributed by atoms with Crippen molar-refractivity contribution in [1.82, 2.24) is 9.97 Å². The average molecular weight is 381 g/mol. The van der Waals surface area contributed by atoms with Gasteiger partial charge in [-0.15, -0.1) is 11.3 Å². The van der Waals surface area contributed by atoms with Crippen molar-refractivity contribution < 1.29 is 9.21 Å². The van der Waals surface area contributed by atoms with Gasteiger partial charge in [0.05, 0.1) is 28.9 Å². The summed E-state index contributed by atoms with van der Waals surface area (Å²) in [6.07, 6.45) is 1.81. The van der Waals surface area contributed by atoms with Crippen molar-refractivity contribution in [2.45, 2.75) is 13.3 Å². The zero-order chi connectivity index (χ0) is 17.9. The standard InChI is InChI=1S/C19H15N3O2S2/c1-12-17(13-6-3-2-4-7-13)26-19(20-12)22-16(23)10-14-11-25-18(21-14)15-8-5-9-24-15/h2-9,11H,10H2,1H3,(H,20,22,23). The number of thiazole rings is 2. The van der Waals surface area contributed by atoms with E-state index in [-0.39, 0.29) is 12.3 Å². The molecule has 7 heteroatoms. The third-order valence-corrected chi connectivity index (χ3v) is 5.73. The van der Waals surface area contributed by atoms with Crippen LogP contribution in [0, 0.1) is 6.92 Å². The molecular weight excluding hydrogens is 366 g/mol. The van der Waals surface area contributed by atoms with E-state index in [4.69, 9.17) is 4.42 Å². The van der Waals surface area contributed by atoms with Crippen LogP contribution >= 0.6 is 22.7 Å². The highest BCUT2D eigenvalue weighted by atomic mass is 32.1. The van der Waals surface area contributed by atoms with Crippen LogP contribution in [0.5, 0.6) is 0 Å². The number of anilines is 1. The Labute approximate surface area is 158 Å². The Kier molecular flexibility index (Phi) is 4.64. The average Bonchev–Trinajstić information content (AvgIpc) is 3.36. The van der Waals surface area contributed by atoms with Gasteiger partial charge in [0.2, 0.25) is 5.91 Å². The van der Waals surface area contributed by atoms with Gasteiger partial charge in [0, 0.05) is 5.38 Å². The monoisotopic (exact) mass is 381 g/mol. The Hall–Kier alpha value is -2.77. The first kappa shape index (κ1) is 16.7. The summed E-state index contributed by atoms with van der Waals surface area (Å²) in [4.78, 5) is 22.3. The van der Waals surface area contributed by atoms with Crippen molar-refractivity contribution in [2.24, 2.45) is 0 Å². The first-order chi connectivity index (χ1) is 12.7. The summed E-state index contributed by atoms with van der Waals surface area (Å²) in [5.41, 5.74) is 2.73. The minimum atomic E-state index is -0.130. The van der Waals surface area contributed by atoms with Gasteiger partial charge in [0.15, 0.2) is 15.9 Å². The van der Waals surface area contributed by atoms with Crippen LogP contribution in [0.1, 0.15) is 11.4 Å². The molecule has 3 heterocycles. The fourth-order valence-corrected chi connectivity index (χ4v) is 4.31. The molecular formula is C19H15N3O2S2. The lowest BCUT2D eigenvalue weighted by atomic mass is 10.2. The summed E-state index contributed by atoms with van der Waals surface area (Å²) in [6.45, 7) is 1.95. The molecule has 5 nitrogen and oxygen atoms in total. The third-order valence-electron chi connectivity index (χ3n) is 3.70. The lowest BCUT2D eigenvalue weighted by molar-refractivity contribution is -0.115. The molecule has 0 aliphatic carbocycles. The molecule has 0 spiro atoms. The van der Waals surface area contributed by atoms with Crippen molar-refractivity contribution in [3.63, 3.8) is 0 Å². The number of carbonyl (C=O) groups excluding carboxylic acids is 1. The molecule has 4 aromatic rings. The third kappa shape index (κ3) is 3.58. The molecule has 1 amide bonds. The highest BCUT2D eigenvalue weighted by Crippen LogP contribution is 2.32. The van der Waals surface area contributed by atoms with E-state index in [1.165, 1.54) is 22.7 Å². The van der Waals surface area contributed by atoms with Crippen molar-refractivity contribution in [3.8, 4) is 21.2 Å². The van der Waals surface area contributed by atoms with E-state index < -0.39 is 0 Å². The predicted molar refractivity (Wildman–Crippen MR) is 104 cm³/mol. The lowest BCUT2D eigenvalue weighted by Crippen LogP contribution is -2.14. The topological polar surface area (TPSA) is 68.0 Å². The SMILES string of the molecule is Cc1nc(NC(=O)Cc2csc(-c3ccco3)n2)sc1-c1ccccc1. The Bertz CT molecular complexity index is 1020. The summed E-state index contributed by atoms with van der Waals surface area (Å²) in [6, 6.07) is 13.7. The van der Waals surface area contributed by atoms with Crippen LogP contribution in [-0.4, -0.2) is 15.9 Å². The van der Waals surface area contributed by atoms with Gasteiger partial charge in [-0.1, -0.05) is 41.7 Å². The van der Waals surface area contributed by atoms with E-state index in [2.05, 4.69) is 15.3 Å². The molecule has 26 heavy (non-hydrogen) atoms. The van der Waals surface area contributed by atoms with Gasteiger partial charge in [0.1, 0.15) is 0 Å². The van der Waals surface area contributed by atoms with Gasteiger partial charge >= 0.3 is 0 Å². The molecule has 1 N–H and O–H groups in total. The highest BCUT2D eigenvalue weighted by Gasteiger charge is 2.14. The number of amides is 1. The zero-order valence-corrected chi connectivity index (χ0v) is 15.6. The number of rotatable bonds is 5. The maximum atomic E-state index is 12.3. The fourth-order valence-electron chi connectivity index (χ4n) is 2.54. The number of benzene rings is 1. The van der Waals surface area contributed by atoms with Crippen molar-refractivity contribution in [2.75, 3.05) is 5.32 Å². The van der Waals surface area contributed by atoms with Crippen molar-refractivity contribution in [1.29, 1.82) is 0 Å². The number of carbonyl (C=O) groups is 1. The summed E-state index contributed by atoms with van der Waals surface area (Å²) in [7, 11) is 0. The van der Waals surface area contributed by atoms with Crippen LogP contribution in [0.15, 0.2) is 58.5 Å². The minimum absolute atomic E-state index is 0.130. The Morgan fingerprint density at radius 3 is 2.77 bits per heavy atom. The van der Waals surface area contributed by atoms with E-state index in [9.17, 15) is 4.79 Å². The zero-order valence-electron chi connectivity index (χ0n) is 13.9.